The number of rotatable bonds is 3. The van der Waals surface area contributed by atoms with Crippen LogP contribution in [-0.2, 0) is 4.74 Å². The summed E-state index contributed by atoms with van der Waals surface area (Å²) in [6.45, 7) is -0.370. The van der Waals surface area contributed by atoms with Crippen LogP contribution in [-0.4, -0.2) is 51.5 Å². The minimum absolute atomic E-state index is 0.370. The predicted molar refractivity (Wildman–Crippen MR) is 66.7 cm³/mol. The minimum Gasteiger partial charge on any atom is -0.447 e. The zero-order chi connectivity index (χ0) is 13.4. The minimum atomic E-state index is -1.19. The normalized spacial score (nSPS) is 30.9. The maximum Gasteiger partial charge on any atom is 0.230 e. The molecular weight excluding hydrogens is 250 g/mol. The largest absolute Gasteiger partial charge is 0.447 e. The molecule has 0 radical (unpaired) electrons. The summed E-state index contributed by atoms with van der Waals surface area (Å²) < 4.78 is 10.7. The van der Waals surface area contributed by atoms with Crippen LogP contribution in [0.4, 0.5) is 0 Å². The number of hydrogen-bond acceptors (Lipinski definition) is 5. The maximum absolute atomic E-state index is 9.77. The monoisotopic (exact) mass is 265 g/mol. The molecule has 4 N–H and O–H groups in total. The Bertz CT molecular complexity index is 536. The Kier molecular flexibility index (Phi) is 3.16. The van der Waals surface area contributed by atoms with Crippen molar-refractivity contribution < 1.29 is 24.8 Å². The molecule has 6 nitrogen and oxygen atoms in total. The third-order valence-corrected chi connectivity index (χ3v) is 3.25. The number of H-pyrrole nitrogens is 1. The molecule has 0 bridgehead atoms. The number of aliphatic hydroxyl groups is 3. The lowest BCUT2D eigenvalue weighted by Crippen LogP contribution is -2.35. The van der Waals surface area contributed by atoms with Gasteiger partial charge in [0, 0.05) is 17.0 Å². The first kappa shape index (κ1) is 12.4. The van der Waals surface area contributed by atoms with Crippen LogP contribution in [0.5, 0.6) is 5.88 Å². The van der Waals surface area contributed by atoms with E-state index in [-0.39, 0.29) is 6.61 Å². The number of ether oxygens (including phenoxy) is 2. The molecule has 1 aliphatic heterocycles. The Labute approximate surface area is 109 Å². The highest BCUT2D eigenvalue weighted by atomic mass is 16.7. The van der Waals surface area contributed by atoms with E-state index in [1.807, 2.05) is 24.3 Å². The second-order valence-electron chi connectivity index (χ2n) is 4.55. The number of nitrogens with one attached hydrogen (secondary N) is 1. The average molecular weight is 265 g/mol. The number of hydrogen-bond donors (Lipinski definition) is 4. The van der Waals surface area contributed by atoms with Crippen molar-refractivity contribution in [2.75, 3.05) is 6.61 Å². The topological polar surface area (TPSA) is 94.9 Å². The van der Waals surface area contributed by atoms with Gasteiger partial charge in [-0.15, -0.1) is 0 Å². The highest BCUT2D eigenvalue weighted by molar-refractivity contribution is 5.81. The number of aromatic amines is 1. The summed E-state index contributed by atoms with van der Waals surface area (Å²) in [5, 5.41) is 29.4. The highest BCUT2D eigenvalue weighted by Gasteiger charge is 2.44. The Morgan fingerprint density at radius 2 is 2.00 bits per heavy atom. The molecule has 1 aromatic heterocycles. The number of benzene rings is 1. The summed E-state index contributed by atoms with van der Waals surface area (Å²) in [5.41, 5.74) is 0.907. The summed E-state index contributed by atoms with van der Waals surface area (Å²) in [6.07, 6.45) is -4.17. The number of aromatic nitrogens is 1. The molecule has 0 spiro atoms. The van der Waals surface area contributed by atoms with Crippen molar-refractivity contribution in [2.24, 2.45) is 0 Å². The van der Waals surface area contributed by atoms with E-state index >= 15 is 0 Å². The summed E-state index contributed by atoms with van der Waals surface area (Å²) >= 11 is 0. The van der Waals surface area contributed by atoms with E-state index in [2.05, 4.69) is 4.98 Å². The van der Waals surface area contributed by atoms with E-state index in [0.717, 1.165) is 10.9 Å². The van der Waals surface area contributed by atoms with Gasteiger partial charge in [0.1, 0.15) is 18.3 Å². The lowest BCUT2D eigenvalue weighted by Gasteiger charge is -2.15. The molecule has 0 unspecified atom stereocenters. The Morgan fingerprint density at radius 3 is 2.68 bits per heavy atom. The fourth-order valence-electron chi connectivity index (χ4n) is 2.20. The molecular formula is C13H15NO5. The third-order valence-electron chi connectivity index (χ3n) is 3.25. The molecule has 1 saturated heterocycles. The molecule has 6 heteroatoms. The van der Waals surface area contributed by atoms with E-state index in [4.69, 9.17) is 14.6 Å². The van der Waals surface area contributed by atoms with Crippen molar-refractivity contribution in [3.63, 3.8) is 0 Å². The average Bonchev–Trinajstić information content (AvgIpc) is 2.94. The second kappa shape index (κ2) is 4.82. The molecule has 3 rings (SSSR count). The van der Waals surface area contributed by atoms with Crippen LogP contribution in [0.3, 0.4) is 0 Å². The van der Waals surface area contributed by atoms with Crippen molar-refractivity contribution in [3.8, 4) is 5.88 Å². The molecule has 2 heterocycles. The van der Waals surface area contributed by atoms with E-state index in [0.29, 0.717) is 5.88 Å². The highest BCUT2D eigenvalue weighted by Crippen LogP contribution is 2.26. The van der Waals surface area contributed by atoms with Gasteiger partial charge in [-0.1, -0.05) is 18.2 Å². The summed E-state index contributed by atoms with van der Waals surface area (Å²) in [7, 11) is 0. The smallest absolute Gasteiger partial charge is 0.230 e. The zero-order valence-corrected chi connectivity index (χ0v) is 10.1. The molecule has 1 aliphatic rings. The lowest BCUT2D eigenvalue weighted by atomic mass is 10.1. The van der Waals surface area contributed by atoms with Crippen LogP contribution in [0, 0.1) is 0 Å². The lowest BCUT2D eigenvalue weighted by molar-refractivity contribution is -0.118. The zero-order valence-electron chi connectivity index (χ0n) is 10.1. The molecule has 0 aliphatic carbocycles. The van der Waals surface area contributed by atoms with Crippen LogP contribution in [0.25, 0.3) is 10.9 Å². The summed E-state index contributed by atoms with van der Waals surface area (Å²) in [4.78, 5) is 3.03. The van der Waals surface area contributed by atoms with Crippen LogP contribution < -0.4 is 4.74 Å². The van der Waals surface area contributed by atoms with Crippen LogP contribution in [0.15, 0.2) is 30.3 Å². The van der Waals surface area contributed by atoms with Crippen molar-refractivity contribution in [1.82, 2.24) is 4.98 Å². The van der Waals surface area contributed by atoms with Crippen molar-refractivity contribution >= 4 is 10.9 Å². The summed E-state index contributed by atoms with van der Waals surface area (Å²) in [6, 6.07) is 9.42. The van der Waals surface area contributed by atoms with Crippen molar-refractivity contribution in [3.05, 3.63) is 30.3 Å². The van der Waals surface area contributed by atoms with Gasteiger partial charge >= 0.3 is 0 Å². The molecule has 4 atom stereocenters. The van der Waals surface area contributed by atoms with E-state index in [9.17, 15) is 10.2 Å². The molecule has 102 valence electrons. The van der Waals surface area contributed by atoms with Gasteiger partial charge < -0.3 is 29.8 Å². The fourth-order valence-corrected chi connectivity index (χ4v) is 2.20. The molecule has 1 aromatic carbocycles. The van der Waals surface area contributed by atoms with Gasteiger partial charge in [-0.3, -0.25) is 0 Å². The van der Waals surface area contributed by atoms with Crippen LogP contribution >= 0.6 is 0 Å². The number of aliphatic hydroxyl groups excluding tert-OH is 3. The maximum atomic E-state index is 9.77. The molecule has 19 heavy (non-hydrogen) atoms. The van der Waals surface area contributed by atoms with Gasteiger partial charge in [0.2, 0.25) is 6.29 Å². The predicted octanol–water partition coefficient (Wildman–Crippen LogP) is -0.0143. The SMILES string of the molecule is OC[C@H]1O[C@@H](Oc2cc3ccccc3[nH]2)[C@H](O)[C@@H]1O. The van der Waals surface area contributed by atoms with Crippen LogP contribution in [0.1, 0.15) is 0 Å². The van der Waals surface area contributed by atoms with Gasteiger partial charge in [0.05, 0.1) is 6.61 Å². The Balaban J connectivity index is 1.78. The fraction of sp³-hybridized carbons (Fsp3) is 0.385. The number of para-hydroxylation sites is 1. The molecule has 0 amide bonds. The van der Waals surface area contributed by atoms with Crippen molar-refractivity contribution in [1.29, 1.82) is 0 Å². The Morgan fingerprint density at radius 1 is 1.21 bits per heavy atom. The summed E-state index contributed by atoms with van der Waals surface area (Å²) in [5.74, 6) is 0.441. The van der Waals surface area contributed by atoms with Gasteiger partial charge in [0.25, 0.3) is 0 Å². The Hall–Kier alpha value is -1.60. The molecule has 2 aromatic rings. The van der Waals surface area contributed by atoms with Crippen LogP contribution in [0.2, 0.25) is 0 Å². The van der Waals surface area contributed by atoms with E-state index in [1.165, 1.54) is 0 Å². The van der Waals surface area contributed by atoms with E-state index < -0.39 is 24.6 Å². The van der Waals surface area contributed by atoms with Gasteiger partial charge in [-0.2, -0.15) is 0 Å². The second-order valence-corrected chi connectivity index (χ2v) is 4.55. The quantitative estimate of drug-likeness (QED) is 0.626. The molecule has 1 fully saturated rings. The van der Waals surface area contributed by atoms with Gasteiger partial charge in [-0.05, 0) is 6.07 Å². The first-order chi connectivity index (χ1) is 9.19. The first-order valence-electron chi connectivity index (χ1n) is 6.06. The first-order valence-corrected chi connectivity index (χ1v) is 6.06. The third kappa shape index (κ3) is 2.19. The molecule has 0 saturated carbocycles. The standard InChI is InChI=1S/C13H15NO5/c15-6-9-11(16)12(17)13(18-9)19-10-5-7-3-1-2-4-8(7)14-10/h1-5,9,11-17H,6H2/t9-,11-,12-,13+/m1/s1. The van der Waals surface area contributed by atoms with E-state index in [1.54, 1.807) is 6.07 Å². The van der Waals surface area contributed by atoms with Crippen molar-refractivity contribution in [2.45, 2.75) is 24.6 Å². The van der Waals surface area contributed by atoms with Gasteiger partial charge in [-0.25, -0.2) is 0 Å². The number of fused-ring (bicyclic) bond motifs is 1. The van der Waals surface area contributed by atoms with Gasteiger partial charge in [0.15, 0.2) is 5.88 Å².